The summed E-state index contributed by atoms with van der Waals surface area (Å²) in [6, 6.07) is 58.5. The average Bonchev–Trinajstić information content (AvgIpc) is 3.91. The summed E-state index contributed by atoms with van der Waals surface area (Å²) in [7, 11) is 0. The molecule has 0 bridgehead atoms. The molecule has 286 valence electrons. The van der Waals surface area contributed by atoms with Gasteiger partial charge in [0.1, 0.15) is 6.17 Å². The highest BCUT2D eigenvalue weighted by Crippen LogP contribution is 2.52. The Bertz CT molecular complexity index is 3430. The van der Waals surface area contributed by atoms with Crippen molar-refractivity contribution in [2.45, 2.75) is 32.4 Å². The number of allylic oxidation sites excluding steroid dienone is 4. The highest BCUT2D eigenvalue weighted by atomic mass is 15.4. The number of aromatic nitrogens is 1. The molecule has 4 heteroatoms. The minimum atomic E-state index is -0.0729. The molecule has 60 heavy (non-hydrogen) atoms. The van der Waals surface area contributed by atoms with Crippen LogP contribution in [0.2, 0.25) is 0 Å². The molecule has 4 nitrogen and oxygen atoms in total. The molecule has 2 aliphatic heterocycles. The number of nitrogens with one attached hydrogen (secondary N) is 1. The van der Waals surface area contributed by atoms with Crippen LogP contribution in [0, 0.1) is 11.8 Å². The molecule has 13 rings (SSSR count). The Kier molecular flexibility index (Phi) is 6.86. The van der Waals surface area contributed by atoms with Crippen molar-refractivity contribution < 1.29 is 0 Å². The second kappa shape index (κ2) is 12.2. The lowest BCUT2D eigenvalue weighted by Crippen LogP contribution is -2.40. The first-order chi connectivity index (χ1) is 29.5. The third-order valence-electron chi connectivity index (χ3n) is 14.1. The van der Waals surface area contributed by atoms with Gasteiger partial charge in [-0.25, -0.2) is 4.99 Å². The van der Waals surface area contributed by atoms with E-state index in [0.29, 0.717) is 5.92 Å². The summed E-state index contributed by atoms with van der Waals surface area (Å²) in [5.74, 6) is 1.41. The van der Waals surface area contributed by atoms with E-state index in [1.54, 1.807) is 0 Å². The first kappa shape index (κ1) is 33.8. The van der Waals surface area contributed by atoms with Crippen LogP contribution in [0.25, 0.3) is 44.1 Å². The van der Waals surface area contributed by atoms with Gasteiger partial charge in [-0.3, -0.25) is 9.47 Å². The quantitative estimate of drug-likeness (QED) is 0.190. The fourth-order valence-corrected chi connectivity index (χ4v) is 11.4. The van der Waals surface area contributed by atoms with Gasteiger partial charge in [0.15, 0.2) is 0 Å². The standard InChI is InChI=1S/C56H42N4/c1-33-15-14-21-43-51(33)53(34-27-29-37-36-16-6-9-22-44(36)56(2,3)45(37)31-34)41-19-5-4-18-40(41)52(43)35-28-30-39-38-17-8-12-25-48(38)59(50(39)32-35)55-58-46-23-10-7-20-42(46)54-57-47-24-11-13-26-49(47)60(54)55/h4-33,51,54,57H,1-3H3. The number of nitrogens with zero attached hydrogens (tertiary/aromatic N) is 3. The van der Waals surface area contributed by atoms with Gasteiger partial charge in [0.05, 0.1) is 28.1 Å². The average molecular weight is 771 g/mol. The van der Waals surface area contributed by atoms with Crippen LogP contribution in [0.15, 0.2) is 187 Å². The molecule has 0 saturated carbocycles. The monoisotopic (exact) mass is 770 g/mol. The van der Waals surface area contributed by atoms with E-state index in [9.17, 15) is 0 Å². The minimum Gasteiger partial charge on any atom is -0.359 e. The van der Waals surface area contributed by atoms with Gasteiger partial charge in [-0.2, -0.15) is 0 Å². The molecule has 0 spiro atoms. The molecule has 0 fully saturated rings. The molecule has 1 N–H and O–H groups in total. The van der Waals surface area contributed by atoms with Gasteiger partial charge in [0, 0.05) is 27.7 Å². The number of aliphatic imine (C=N–C) groups is 1. The maximum Gasteiger partial charge on any atom is 0.217 e. The largest absolute Gasteiger partial charge is 0.359 e. The Hall–Kier alpha value is -7.17. The number of benzene rings is 7. The molecule has 0 amide bonds. The number of anilines is 2. The van der Waals surface area contributed by atoms with Gasteiger partial charge in [0.25, 0.3) is 0 Å². The summed E-state index contributed by atoms with van der Waals surface area (Å²) >= 11 is 0. The highest BCUT2D eigenvalue weighted by Gasteiger charge is 2.40. The van der Waals surface area contributed by atoms with Crippen LogP contribution in [-0.2, 0) is 5.41 Å². The first-order valence-electron chi connectivity index (χ1n) is 21.3. The van der Waals surface area contributed by atoms with Crippen LogP contribution in [0.1, 0.15) is 54.8 Å². The molecule has 0 radical (unpaired) electrons. The molecule has 3 heterocycles. The highest BCUT2D eigenvalue weighted by molar-refractivity contribution is 6.19. The number of fused-ring (bicyclic) bond motifs is 13. The van der Waals surface area contributed by atoms with Crippen molar-refractivity contribution in [3.63, 3.8) is 0 Å². The molecule has 5 aliphatic rings. The third-order valence-corrected chi connectivity index (χ3v) is 14.1. The van der Waals surface area contributed by atoms with E-state index < -0.39 is 0 Å². The van der Waals surface area contributed by atoms with Crippen molar-refractivity contribution in [3.05, 3.63) is 220 Å². The molecule has 7 aromatic carbocycles. The molecule has 8 aromatic rings. The second-order valence-corrected chi connectivity index (χ2v) is 17.6. The van der Waals surface area contributed by atoms with E-state index >= 15 is 0 Å². The van der Waals surface area contributed by atoms with Crippen molar-refractivity contribution in [1.82, 2.24) is 4.57 Å². The van der Waals surface area contributed by atoms with E-state index in [-0.39, 0.29) is 17.5 Å². The number of rotatable bonds is 2. The smallest absolute Gasteiger partial charge is 0.217 e. The predicted molar refractivity (Wildman–Crippen MR) is 248 cm³/mol. The third kappa shape index (κ3) is 4.48. The van der Waals surface area contributed by atoms with Crippen molar-refractivity contribution in [1.29, 1.82) is 0 Å². The van der Waals surface area contributed by atoms with E-state index in [2.05, 4.69) is 212 Å². The van der Waals surface area contributed by atoms with Gasteiger partial charge in [-0.15, -0.1) is 0 Å². The summed E-state index contributed by atoms with van der Waals surface area (Å²) in [4.78, 5) is 7.90. The van der Waals surface area contributed by atoms with E-state index in [4.69, 9.17) is 4.99 Å². The molecule has 1 aromatic heterocycles. The maximum absolute atomic E-state index is 5.51. The summed E-state index contributed by atoms with van der Waals surface area (Å²) < 4.78 is 2.41. The molecular weight excluding hydrogens is 729 g/mol. The van der Waals surface area contributed by atoms with Crippen molar-refractivity contribution in [2.24, 2.45) is 16.8 Å². The topological polar surface area (TPSA) is 32.6 Å². The molecule has 0 saturated heterocycles. The SMILES string of the molecule is CC1C=CC=C2C(c3ccc4c5ccccc5n(C5=Nc6ccccc6C6Nc7ccccc7N56)c4c3)=c3ccccc3=C(c3ccc4c(c3)C(C)(C)c3ccccc3-4)C21. The first-order valence-corrected chi connectivity index (χ1v) is 21.3. The summed E-state index contributed by atoms with van der Waals surface area (Å²) in [6.07, 6.45) is 7.00. The lowest BCUT2D eigenvalue weighted by molar-refractivity contribution is 0.597. The van der Waals surface area contributed by atoms with Crippen LogP contribution >= 0.6 is 0 Å². The van der Waals surface area contributed by atoms with Crippen LogP contribution in [-0.4, -0.2) is 10.5 Å². The van der Waals surface area contributed by atoms with E-state index in [0.717, 1.165) is 34.1 Å². The van der Waals surface area contributed by atoms with E-state index in [1.165, 1.54) is 76.9 Å². The lowest BCUT2D eigenvalue weighted by atomic mass is 9.68. The Morgan fingerprint density at radius 2 is 1.37 bits per heavy atom. The number of hydrogen-bond donors (Lipinski definition) is 1. The van der Waals surface area contributed by atoms with Crippen LogP contribution in [0.3, 0.4) is 0 Å². The molecule has 3 unspecified atom stereocenters. The number of hydrogen-bond acceptors (Lipinski definition) is 3. The van der Waals surface area contributed by atoms with E-state index in [1.807, 2.05) is 0 Å². The van der Waals surface area contributed by atoms with Crippen LogP contribution in [0.5, 0.6) is 0 Å². The zero-order valence-electron chi connectivity index (χ0n) is 33.8. The van der Waals surface area contributed by atoms with Crippen molar-refractivity contribution in [3.8, 4) is 11.1 Å². The fourth-order valence-electron chi connectivity index (χ4n) is 11.4. The summed E-state index contributed by atoms with van der Waals surface area (Å²) in [5, 5.41) is 8.88. The number of para-hydroxylation sites is 4. The Labute approximate surface area is 349 Å². The summed E-state index contributed by atoms with van der Waals surface area (Å²) in [6.45, 7) is 7.16. The van der Waals surface area contributed by atoms with Crippen molar-refractivity contribution in [2.75, 3.05) is 10.2 Å². The second-order valence-electron chi connectivity index (χ2n) is 17.6. The normalized spacial score (nSPS) is 20.1. The Morgan fingerprint density at radius 3 is 2.30 bits per heavy atom. The lowest BCUT2D eigenvalue weighted by Gasteiger charge is -2.35. The van der Waals surface area contributed by atoms with Crippen LogP contribution in [0.4, 0.5) is 17.1 Å². The molecular formula is C56H42N4. The maximum atomic E-state index is 5.51. The zero-order chi connectivity index (χ0) is 39.9. The molecule has 3 atom stereocenters. The van der Waals surface area contributed by atoms with Gasteiger partial charge in [0.2, 0.25) is 5.96 Å². The van der Waals surface area contributed by atoms with Gasteiger partial charge >= 0.3 is 0 Å². The van der Waals surface area contributed by atoms with Gasteiger partial charge in [-0.1, -0.05) is 160 Å². The molecule has 3 aliphatic carbocycles. The zero-order valence-corrected chi connectivity index (χ0v) is 33.8. The predicted octanol–water partition coefficient (Wildman–Crippen LogP) is 11.7. The van der Waals surface area contributed by atoms with Gasteiger partial charge in [-0.05, 0) is 103 Å². The summed E-state index contributed by atoms with van der Waals surface area (Å²) in [5.41, 5.74) is 18.8. The minimum absolute atomic E-state index is 0.0700. The Morgan fingerprint density at radius 1 is 0.633 bits per heavy atom. The Balaban J connectivity index is 1.08. The van der Waals surface area contributed by atoms with Crippen molar-refractivity contribution >= 4 is 56.0 Å². The fraction of sp³-hybridized carbons (Fsp3) is 0.125. The van der Waals surface area contributed by atoms with Crippen LogP contribution < -0.4 is 20.7 Å². The van der Waals surface area contributed by atoms with Gasteiger partial charge < -0.3 is 5.32 Å².